The molecule has 1 aliphatic rings. The molecule has 1 fully saturated rings. The Hall–Kier alpha value is -1.89. The third kappa shape index (κ3) is 3.07. The zero-order valence-electron chi connectivity index (χ0n) is 12.0. The molecule has 0 spiro atoms. The van der Waals surface area contributed by atoms with Crippen molar-refractivity contribution < 1.29 is 18.0 Å². The lowest BCUT2D eigenvalue weighted by molar-refractivity contribution is -0.119. The van der Waals surface area contributed by atoms with Crippen molar-refractivity contribution in [3.8, 4) is 0 Å². The van der Waals surface area contributed by atoms with Crippen molar-refractivity contribution in [2.45, 2.75) is 20.3 Å². The lowest BCUT2D eigenvalue weighted by Crippen LogP contribution is -2.30. The van der Waals surface area contributed by atoms with E-state index in [1.165, 1.54) is 24.3 Å². The van der Waals surface area contributed by atoms with Gasteiger partial charge in [0.25, 0.3) is 5.91 Å². The quantitative estimate of drug-likeness (QED) is 0.904. The summed E-state index contributed by atoms with van der Waals surface area (Å²) >= 11 is 0. The standard InChI is InChI=1S/C14H18N2O4S/c1-3-8-15-13(17)11-4-6-12(7-5-11)16-14(18)10(2)9-21(16,19)20/h4-7,10H,3,8-9H2,1-2H3,(H,15,17). The van der Waals surface area contributed by atoms with Crippen molar-refractivity contribution in [2.75, 3.05) is 16.6 Å². The molecule has 2 amide bonds. The summed E-state index contributed by atoms with van der Waals surface area (Å²) in [6, 6.07) is 6.00. The van der Waals surface area contributed by atoms with Crippen LogP contribution in [-0.2, 0) is 14.8 Å². The minimum atomic E-state index is -3.60. The summed E-state index contributed by atoms with van der Waals surface area (Å²) in [6.45, 7) is 4.12. The van der Waals surface area contributed by atoms with Gasteiger partial charge >= 0.3 is 0 Å². The van der Waals surface area contributed by atoms with Crippen LogP contribution < -0.4 is 9.62 Å². The average molecular weight is 310 g/mol. The SMILES string of the molecule is CCCNC(=O)c1ccc(N2C(=O)C(C)CS2(=O)=O)cc1. The highest BCUT2D eigenvalue weighted by Gasteiger charge is 2.41. The molecule has 1 aromatic rings. The highest BCUT2D eigenvalue weighted by Crippen LogP contribution is 2.28. The Labute approximate surface area is 124 Å². The summed E-state index contributed by atoms with van der Waals surface area (Å²) < 4.78 is 24.8. The van der Waals surface area contributed by atoms with Crippen LogP contribution in [0.15, 0.2) is 24.3 Å². The maximum Gasteiger partial charge on any atom is 0.251 e. The fourth-order valence-electron chi connectivity index (χ4n) is 2.18. The maximum absolute atomic E-state index is 12.0. The molecule has 0 saturated carbocycles. The molecule has 1 unspecified atom stereocenters. The molecule has 7 heteroatoms. The fraction of sp³-hybridized carbons (Fsp3) is 0.429. The summed E-state index contributed by atoms with van der Waals surface area (Å²) in [4.78, 5) is 23.7. The van der Waals surface area contributed by atoms with Crippen LogP contribution in [0.5, 0.6) is 0 Å². The number of hydrogen-bond acceptors (Lipinski definition) is 4. The molecule has 1 N–H and O–H groups in total. The molecular formula is C14H18N2O4S. The van der Waals surface area contributed by atoms with E-state index in [-0.39, 0.29) is 17.3 Å². The molecule has 1 atom stereocenters. The van der Waals surface area contributed by atoms with Gasteiger partial charge in [0.15, 0.2) is 0 Å². The van der Waals surface area contributed by atoms with E-state index in [4.69, 9.17) is 0 Å². The molecule has 0 bridgehead atoms. The Morgan fingerprint density at radius 2 is 1.95 bits per heavy atom. The molecule has 114 valence electrons. The second-order valence-corrected chi connectivity index (χ2v) is 6.95. The summed E-state index contributed by atoms with van der Waals surface area (Å²) in [6.07, 6.45) is 0.836. The number of sulfonamides is 1. The first-order valence-corrected chi connectivity index (χ1v) is 8.43. The maximum atomic E-state index is 12.0. The largest absolute Gasteiger partial charge is 0.352 e. The Morgan fingerprint density at radius 1 is 1.33 bits per heavy atom. The number of amides is 2. The van der Waals surface area contributed by atoms with Gasteiger partial charge in [0.05, 0.1) is 17.4 Å². The normalized spacial score (nSPS) is 20.6. The van der Waals surface area contributed by atoms with E-state index in [0.29, 0.717) is 12.1 Å². The van der Waals surface area contributed by atoms with Crippen molar-refractivity contribution >= 4 is 27.5 Å². The Balaban J connectivity index is 2.23. The van der Waals surface area contributed by atoms with Crippen molar-refractivity contribution in [1.82, 2.24) is 5.32 Å². The molecule has 1 saturated heterocycles. The predicted octanol–water partition coefficient (Wildman–Crippen LogP) is 1.14. The van der Waals surface area contributed by atoms with Gasteiger partial charge in [-0.15, -0.1) is 0 Å². The Morgan fingerprint density at radius 3 is 2.43 bits per heavy atom. The minimum Gasteiger partial charge on any atom is -0.352 e. The van der Waals surface area contributed by atoms with Crippen LogP contribution in [-0.4, -0.2) is 32.5 Å². The third-order valence-electron chi connectivity index (χ3n) is 3.26. The molecule has 21 heavy (non-hydrogen) atoms. The molecule has 0 aromatic heterocycles. The first-order chi connectivity index (χ1) is 9.86. The van der Waals surface area contributed by atoms with Gasteiger partial charge in [0, 0.05) is 12.1 Å². The Kier molecular flexibility index (Phi) is 4.32. The van der Waals surface area contributed by atoms with Crippen molar-refractivity contribution in [3.63, 3.8) is 0 Å². The number of nitrogens with zero attached hydrogens (tertiary/aromatic N) is 1. The predicted molar refractivity (Wildman–Crippen MR) is 79.5 cm³/mol. The molecule has 0 aliphatic carbocycles. The van der Waals surface area contributed by atoms with Crippen LogP contribution in [0.25, 0.3) is 0 Å². The monoisotopic (exact) mass is 310 g/mol. The molecule has 1 aromatic carbocycles. The second-order valence-electron chi connectivity index (χ2n) is 5.09. The lowest BCUT2D eigenvalue weighted by atomic mass is 10.1. The van der Waals surface area contributed by atoms with Gasteiger partial charge in [-0.3, -0.25) is 9.59 Å². The van der Waals surface area contributed by atoms with E-state index >= 15 is 0 Å². The van der Waals surface area contributed by atoms with Gasteiger partial charge in [0.2, 0.25) is 15.9 Å². The summed E-state index contributed by atoms with van der Waals surface area (Å²) in [5.41, 5.74) is 0.709. The molecule has 1 heterocycles. The van der Waals surface area contributed by atoms with Crippen LogP contribution in [0.1, 0.15) is 30.6 Å². The second kappa shape index (κ2) is 5.85. The number of anilines is 1. The summed E-state index contributed by atoms with van der Waals surface area (Å²) in [7, 11) is -3.60. The summed E-state index contributed by atoms with van der Waals surface area (Å²) in [5.74, 6) is -1.36. The summed E-state index contributed by atoms with van der Waals surface area (Å²) in [5, 5.41) is 2.73. The first kappa shape index (κ1) is 15.5. The van der Waals surface area contributed by atoms with Crippen molar-refractivity contribution in [3.05, 3.63) is 29.8 Å². The highest BCUT2D eigenvalue weighted by molar-refractivity contribution is 7.94. The van der Waals surface area contributed by atoms with E-state index in [2.05, 4.69) is 5.32 Å². The van der Waals surface area contributed by atoms with Crippen molar-refractivity contribution in [2.24, 2.45) is 5.92 Å². The van der Waals surface area contributed by atoms with Crippen molar-refractivity contribution in [1.29, 1.82) is 0 Å². The van der Waals surface area contributed by atoms with Crippen LogP contribution in [0.2, 0.25) is 0 Å². The Bertz CT molecular complexity index is 652. The van der Waals surface area contributed by atoms with Gasteiger partial charge in [-0.1, -0.05) is 13.8 Å². The fourth-order valence-corrected chi connectivity index (χ4v) is 4.00. The van der Waals surface area contributed by atoms with Crippen LogP contribution in [0.3, 0.4) is 0 Å². The van der Waals surface area contributed by atoms with Gasteiger partial charge in [-0.05, 0) is 30.7 Å². The zero-order chi connectivity index (χ0) is 15.6. The molecular weight excluding hydrogens is 292 g/mol. The van der Waals surface area contributed by atoms with Crippen LogP contribution in [0.4, 0.5) is 5.69 Å². The lowest BCUT2D eigenvalue weighted by Gasteiger charge is -2.15. The van der Waals surface area contributed by atoms with E-state index in [9.17, 15) is 18.0 Å². The molecule has 2 rings (SSSR count). The number of hydrogen-bond donors (Lipinski definition) is 1. The average Bonchev–Trinajstić information content (AvgIpc) is 2.64. The molecule has 1 aliphatic heterocycles. The zero-order valence-corrected chi connectivity index (χ0v) is 12.8. The topological polar surface area (TPSA) is 83.6 Å². The highest BCUT2D eigenvalue weighted by atomic mass is 32.2. The first-order valence-electron chi connectivity index (χ1n) is 6.82. The number of carbonyl (C=O) groups is 2. The minimum absolute atomic E-state index is 0.176. The van der Waals surface area contributed by atoms with Gasteiger partial charge in [0.1, 0.15) is 0 Å². The van der Waals surface area contributed by atoms with E-state index in [1.54, 1.807) is 6.92 Å². The van der Waals surface area contributed by atoms with Crippen LogP contribution in [0, 0.1) is 5.92 Å². The number of carbonyl (C=O) groups excluding carboxylic acids is 2. The van der Waals surface area contributed by atoms with Gasteiger partial charge in [-0.2, -0.15) is 0 Å². The van der Waals surface area contributed by atoms with Crippen LogP contribution >= 0.6 is 0 Å². The number of nitrogens with one attached hydrogen (secondary N) is 1. The third-order valence-corrected chi connectivity index (χ3v) is 5.13. The molecule has 6 nitrogen and oxygen atoms in total. The number of benzene rings is 1. The van der Waals surface area contributed by atoms with E-state index in [1.807, 2.05) is 6.92 Å². The molecule has 0 radical (unpaired) electrons. The smallest absolute Gasteiger partial charge is 0.251 e. The van der Waals surface area contributed by atoms with Gasteiger partial charge in [-0.25, -0.2) is 12.7 Å². The number of rotatable bonds is 4. The van der Waals surface area contributed by atoms with E-state index < -0.39 is 21.8 Å². The van der Waals surface area contributed by atoms with E-state index in [0.717, 1.165) is 10.7 Å². The van der Waals surface area contributed by atoms with Gasteiger partial charge < -0.3 is 5.32 Å².